The third-order valence-electron chi connectivity index (χ3n) is 6.33. The minimum atomic E-state index is -0.519. The summed E-state index contributed by atoms with van der Waals surface area (Å²) in [5, 5.41) is 1.26. The maximum absolute atomic E-state index is 13.7. The first-order valence-corrected chi connectivity index (χ1v) is 13.6. The quantitative estimate of drug-likeness (QED) is 0.154. The van der Waals surface area contributed by atoms with Gasteiger partial charge in [0, 0.05) is 0 Å². The Balaban J connectivity index is 1.36. The van der Waals surface area contributed by atoms with E-state index in [1.54, 1.807) is 42.5 Å². The summed E-state index contributed by atoms with van der Waals surface area (Å²) in [5.74, 6) is 1.40. The minimum absolute atomic E-state index is 0.216. The summed E-state index contributed by atoms with van der Waals surface area (Å²) in [6.07, 6.45) is 0. The number of fused-ring (bicyclic) bond motifs is 2. The molecule has 0 aliphatic carbocycles. The highest BCUT2D eigenvalue weighted by Crippen LogP contribution is 2.26. The van der Waals surface area contributed by atoms with E-state index in [4.69, 9.17) is 14.5 Å². The van der Waals surface area contributed by atoms with Crippen LogP contribution >= 0.6 is 11.8 Å². The van der Waals surface area contributed by atoms with Crippen LogP contribution in [0.5, 0.6) is 11.5 Å². The molecule has 0 aliphatic heterocycles. The molecule has 0 amide bonds. The van der Waals surface area contributed by atoms with Crippen LogP contribution in [0.25, 0.3) is 27.5 Å². The molecular formula is C31H22N4O5S. The van der Waals surface area contributed by atoms with Crippen molar-refractivity contribution in [3.63, 3.8) is 0 Å². The summed E-state index contributed by atoms with van der Waals surface area (Å²) in [7, 11) is 1.29. The number of hydrogen-bond donors (Lipinski definition) is 1. The number of para-hydroxylation sites is 2. The minimum Gasteiger partial charge on any atom is -0.465 e. The number of methoxy groups -OCH3 is 1. The largest absolute Gasteiger partial charge is 0.465 e. The number of nitrogens with one attached hydrogen (secondary N) is 1. The Labute approximate surface area is 237 Å². The Morgan fingerprint density at radius 3 is 2.34 bits per heavy atom. The topological polar surface area (TPSA) is 116 Å². The third kappa shape index (κ3) is 5.32. The predicted octanol–water partition coefficient (Wildman–Crippen LogP) is 5.49. The molecule has 1 N–H and O–H groups in total. The van der Waals surface area contributed by atoms with Crippen molar-refractivity contribution < 1.29 is 14.3 Å². The molecule has 2 heterocycles. The fourth-order valence-electron chi connectivity index (χ4n) is 4.36. The highest BCUT2D eigenvalue weighted by atomic mass is 32.2. The highest BCUT2D eigenvalue weighted by molar-refractivity contribution is 7.98. The molecule has 0 spiro atoms. The summed E-state index contributed by atoms with van der Waals surface area (Å²) < 4.78 is 12.2. The fourth-order valence-corrected chi connectivity index (χ4v) is 5.24. The number of benzene rings is 4. The molecule has 2 aromatic heterocycles. The molecule has 0 aliphatic rings. The van der Waals surface area contributed by atoms with Crippen molar-refractivity contribution in [1.82, 2.24) is 19.5 Å². The Morgan fingerprint density at radius 1 is 0.829 bits per heavy atom. The maximum atomic E-state index is 13.7. The van der Waals surface area contributed by atoms with E-state index in [1.807, 2.05) is 36.4 Å². The number of nitrogens with zero attached hydrogens (tertiary/aromatic N) is 3. The zero-order chi connectivity index (χ0) is 28.3. The number of esters is 1. The van der Waals surface area contributed by atoms with E-state index in [2.05, 4.69) is 9.97 Å². The van der Waals surface area contributed by atoms with E-state index in [0.29, 0.717) is 55.5 Å². The molecule has 0 radical (unpaired) electrons. The Bertz CT molecular complexity index is 2020. The van der Waals surface area contributed by atoms with Crippen molar-refractivity contribution in [2.24, 2.45) is 0 Å². The number of rotatable bonds is 7. The van der Waals surface area contributed by atoms with Crippen LogP contribution in [0.4, 0.5) is 0 Å². The van der Waals surface area contributed by atoms with Gasteiger partial charge in [0.15, 0.2) is 5.16 Å². The second-order valence-corrected chi connectivity index (χ2v) is 9.93. The zero-order valence-corrected chi connectivity index (χ0v) is 22.6. The van der Waals surface area contributed by atoms with Crippen LogP contribution in [0.1, 0.15) is 16.2 Å². The normalized spacial score (nSPS) is 11.0. The molecule has 4 aromatic carbocycles. The van der Waals surface area contributed by atoms with Crippen LogP contribution in [0.3, 0.4) is 0 Å². The third-order valence-corrected chi connectivity index (χ3v) is 7.28. The highest BCUT2D eigenvalue weighted by Gasteiger charge is 2.15. The number of carbonyl (C=O) groups excluding carboxylic acids is 1. The number of H-pyrrole nitrogens is 1. The average molecular weight is 563 g/mol. The molecule has 41 heavy (non-hydrogen) atoms. The number of ether oxygens (including phenoxy) is 2. The molecule has 0 bridgehead atoms. The number of thioether (sulfide) groups is 1. The van der Waals surface area contributed by atoms with Gasteiger partial charge in [0.1, 0.15) is 17.3 Å². The first-order chi connectivity index (χ1) is 20.0. The first-order valence-electron chi connectivity index (χ1n) is 12.6. The fraction of sp³-hybridized carbons (Fsp3) is 0.0645. The monoisotopic (exact) mass is 562 g/mol. The zero-order valence-electron chi connectivity index (χ0n) is 21.7. The standard InChI is InChI=1S/C31H22N4O5S/c1-39-30(38)19-11-16-23-26(17-19)32-27(34-28(23)36)18-41-31-33-25-10-6-5-9-24(25)29(37)35(31)20-12-14-22(15-13-20)40-21-7-3-2-4-8-21/h2-17H,18H2,1H3,(H,32,34,36). The van der Waals surface area contributed by atoms with Crippen LogP contribution in [-0.2, 0) is 10.5 Å². The van der Waals surface area contributed by atoms with E-state index in [-0.39, 0.29) is 16.9 Å². The summed E-state index contributed by atoms with van der Waals surface area (Å²) in [6.45, 7) is 0. The first kappa shape index (κ1) is 26.0. The molecule has 9 nitrogen and oxygen atoms in total. The molecule has 0 unspecified atom stereocenters. The van der Waals surface area contributed by atoms with Gasteiger partial charge >= 0.3 is 5.97 Å². The average Bonchev–Trinajstić information content (AvgIpc) is 3.00. The van der Waals surface area contributed by atoms with Crippen LogP contribution in [0.2, 0.25) is 0 Å². The number of aromatic amines is 1. The van der Waals surface area contributed by atoms with Gasteiger partial charge < -0.3 is 14.5 Å². The van der Waals surface area contributed by atoms with Crippen LogP contribution in [0, 0.1) is 0 Å². The molecule has 6 aromatic rings. The van der Waals surface area contributed by atoms with E-state index < -0.39 is 5.97 Å². The lowest BCUT2D eigenvalue weighted by Gasteiger charge is -2.14. The van der Waals surface area contributed by atoms with Crippen molar-refractivity contribution in [3.05, 3.63) is 129 Å². The van der Waals surface area contributed by atoms with Crippen molar-refractivity contribution in [2.45, 2.75) is 10.9 Å². The van der Waals surface area contributed by atoms with Gasteiger partial charge in [0.2, 0.25) is 0 Å². The Kier molecular flexibility index (Phi) is 7.05. The second-order valence-electron chi connectivity index (χ2n) is 8.99. The Morgan fingerprint density at radius 2 is 1.56 bits per heavy atom. The van der Waals surface area contributed by atoms with Gasteiger partial charge in [0.25, 0.3) is 11.1 Å². The molecule has 0 fully saturated rings. The lowest BCUT2D eigenvalue weighted by Crippen LogP contribution is -2.22. The van der Waals surface area contributed by atoms with Crippen molar-refractivity contribution in [2.75, 3.05) is 7.11 Å². The number of hydrogen-bond acceptors (Lipinski definition) is 8. The van der Waals surface area contributed by atoms with Crippen molar-refractivity contribution in [3.8, 4) is 17.2 Å². The molecule has 10 heteroatoms. The van der Waals surface area contributed by atoms with Gasteiger partial charge in [-0.05, 0) is 66.7 Å². The smallest absolute Gasteiger partial charge is 0.337 e. The van der Waals surface area contributed by atoms with Gasteiger partial charge in [-0.25, -0.2) is 14.8 Å². The number of aromatic nitrogens is 4. The van der Waals surface area contributed by atoms with E-state index in [1.165, 1.54) is 41.6 Å². The molecular weight excluding hydrogens is 540 g/mol. The SMILES string of the molecule is COC(=O)c1ccc2c(=O)[nH]c(CSc3nc4ccccc4c(=O)n3-c3ccc(Oc4ccccc4)cc3)nc2c1. The van der Waals surface area contributed by atoms with Crippen molar-refractivity contribution in [1.29, 1.82) is 0 Å². The van der Waals surface area contributed by atoms with Crippen LogP contribution in [-0.4, -0.2) is 32.6 Å². The molecule has 0 saturated heterocycles. The van der Waals surface area contributed by atoms with Gasteiger partial charge in [-0.3, -0.25) is 14.2 Å². The van der Waals surface area contributed by atoms with Crippen molar-refractivity contribution >= 4 is 39.5 Å². The summed E-state index contributed by atoms with van der Waals surface area (Å²) >= 11 is 1.26. The molecule has 0 saturated carbocycles. The van der Waals surface area contributed by atoms with E-state index in [9.17, 15) is 14.4 Å². The maximum Gasteiger partial charge on any atom is 0.337 e. The second kappa shape index (κ2) is 11.1. The van der Waals surface area contributed by atoms with Gasteiger partial charge in [0.05, 0.1) is 45.9 Å². The van der Waals surface area contributed by atoms with E-state index >= 15 is 0 Å². The van der Waals surface area contributed by atoms with E-state index in [0.717, 1.165) is 0 Å². The molecule has 0 atom stereocenters. The van der Waals surface area contributed by atoms with Gasteiger partial charge in [-0.15, -0.1) is 0 Å². The summed E-state index contributed by atoms with van der Waals surface area (Å²) in [5.41, 5.74) is 1.27. The Hall–Kier alpha value is -5.22. The lowest BCUT2D eigenvalue weighted by atomic mass is 10.1. The summed E-state index contributed by atoms with van der Waals surface area (Å²) in [6, 6.07) is 28.3. The van der Waals surface area contributed by atoms with Crippen LogP contribution < -0.4 is 15.9 Å². The molecule has 202 valence electrons. The molecule has 6 rings (SSSR count). The lowest BCUT2D eigenvalue weighted by molar-refractivity contribution is 0.0601. The summed E-state index contributed by atoms with van der Waals surface area (Å²) in [4.78, 5) is 50.5. The van der Waals surface area contributed by atoms with Gasteiger partial charge in [-0.1, -0.05) is 42.1 Å². The van der Waals surface area contributed by atoms with Crippen LogP contribution in [0.15, 0.2) is 112 Å². The van der Waals surface area contributed by atoms with Gasteiger partial charge in [-0.2, -0.15) is 0 Å². The number of carbonyl (C=O) groups is 1. The predicted molar refractivity (Wildman–Crippen MR) is 157 cm³/mol.